The average Bonchev–Trinajstić information content (AvgIpc) is 2.72. The number of benzene rings is 2. The number of hydrogen-bond acceptors (Lipinski definition) is 4. The fourth-order valence-electron chi connectivity index (χ4n) is 2.51. The van der Waals surface area contributed by atoms with Gasteiger partial charge in [-0.15, -0.1) is 11.8 Å². The van der Waals surface area contributed by atoms with E-state index in [4.69, 9.17) is 4.74 Å². The fourth-order valence-corrected chi connectivity index (χ4v) is 3.10. The number of ether oxygens (including phenoxy) is 1. The molecule has 27 heavy (non-hydrogen) atoms. The molecule has 0 aromatic heterocycles. The standard InChI is InChI=1S/C21H26N2O3S/c1-3-4-5-8-15-26-17-13-11-16(12-14-17)20(24)22-23-21(25)18-9-6-7-10-19(18)27-2/h6-7,9-14H,3-5,8,15H2,1-2H3,(H,22,24)(H,23,25). The minimum absolute atomic E-state index is 0.347. The molecule has 0 radical (unpaired) electrons. The summed E-state index contributed by atoms with van der Waals surface area (Å²) in [5.74, 6) is 0.0146. The average molecular weight is 387 g/mol. The van der Waals surface area contributed by atoms with E-state index in [-0.39, 0.29) is 11.8 Å². The summed E-state index contributed by atoms with van der Waals surface area (Å²) < 4.78 is 5.67. The first kappa shape index (κ1) is 20.8. The van der Waals surface area contributed by atoms with Gasteiger partial charge in [0.1, 0.15) is 5.75 Å². The van der Waals surface area contributed by atoms with Crippen LogP contribution in [0.4, 0.5) is 0 Å². The third-order valence-electron chi connectivity index (χ3n) is 4.02. The number of amides is 2. The lowest BCUT2D eigenvalue weighted by atomic mass is 10.2. The van der Waals surface area contributed by atoms with E-state index < -0.39 is 0 Å². The minimum atomic E-state index is -0.375. The van der Waals surface area contributed by atoms with E-state index in [0.717, 1.165) is 23.5 Å². The van der Waals surface area contributed by atoms with Crippen molar-refractivity contribution in [2.75, 3.05) is 12.9 Å². The highest BCUT2D eigenvalue weighted by Gasteiger charge is 2.12. The zero-order chi connectivity index (χ0) is 19.5. The zero-order valence-corrected chi connectivity index (χ0v) is 16.6. The van der Waals surface area contributed by atoms with Crippen LogP contribution in [0.1, 0.15) is 53.3 Å². The van der Waals surface area contributed by atoms with Crippen molar-refractivity contribution in [2.45, 2.75) is 37.5 Å². The third-order valence-corrected chi connectivity index (χ3v) is 4.82. The number of nitrogens with one attached hydrogen (secondary N) is 2. The van der Waals surface area contributed by atoms with E-state index in [1.54, 1.807) is 36.4 Å². The van der Waals surface area contributed by atoms with Gasteiger partial charge in [-0.1, -0.05) is 38.3 Å². The van der Waals surface area contributed by atoms with Crippen LogP contribution in [-0.4, -0.2) is 24.7 Å². The van der Waals surface area contributed by atoms with Gasteiger partial charge in [0.05, 0.1) is 12.2 Å². The first-order valence-electron chi connectivity index (χ1n) is 9.12. The fraction of sp³-hybridized carbons (Fsp3) is 0.333. The van der Waals surface area contributed by atoms with Crippen LogP contribution in [0.5, 0.6) is 5.75 Å². The summed E-state index contributed by atoms with van der Waals surface area (Å²) in [4.78, 5) is 25.3. The maximum atomic E-state index is 12.2. The molecule has 6 heteroatoms. The number of carbonyl (C=O) groups is 2. The van der Waals surface area contributed by atoms with Gasteiger partial charge in [-0.25, -0.2) is 0 Å². The zero-order valence-electron chi connectivity index (χ0n) is 15.8. The minimum Gasteiger partial charge on any atom is -0.494 e. The molecule has 144 valence electrons. The lowest BCUT2D eigenvalue weighted by Crippen LogP contribution is -2.41. The lowest BCUT2D eigenvalue weighted by molar-refractivity contribution is 0.0845. The van der Waals surface area contributed by atoms with Crippen molar-refractivity contribution in [3.63, 3.8) is 0 Å². The Kier molecular flexibility index (Phi) is 8.71. The van der Waals surface area contributed by atoms with Crippen LogP contribution in [-0.2, 0) is 0 Å². The summed E-state index contributed by atoms with van der Waals surface area (Å²) >= 11 is 1.48. The van der Waals surface area contributed by atoms with Gasteiger partial charge in [0.2, 0.25) is 0 Å². The quantitative estimate of drug-likeness (QED) is 0.380. The van der Waals surface area contributed by atoms with Gasteiger partial charge < -0.3 is 4.74 Å². The summed E-state index contributed by atoms with van der Waals surface area (Å²) in [5, 5.41) is 0. The Morgan fingerprint density at radius 3 is 2.33 bits per heavy atom. The summed E-state index contributed by atoms with van der Waals surface area (Å²) in [6, 6.07) is 14.1. The Morgan fingerprint density at radius 2 is 1.63 bits per heavy atom. The number of unbranched alkanes of at least 4 members (excludes halogenated alkanes) is 3. The highest BCUT2D eigenvalue weighted by molar-refractivity contribution is 7.98. The molecule has 2 aromatic carbocycles. The van der Waals surface area contributed by atoms with Gasteiger partial charge in [-0.05, 0) is 49.1 Å². The van der Waals surface area contributed by atoms with Crippen molar-refractivity contribution in [1.82, 2.24) is 10.9 Å². The van der Waals surface area contributed by atoms with Crippen LogP contribution in [0.2, 0.25) is 0 Å². The Hall–Kier alpha value is -2.47. The largest absolute Gasteiger partial charge is 0.494 e. The van der Waals surface area contributed by atoms with E-state index in [9.17, 15) is 9.59 Å². The first-order chi connectivity index (χ1) is 13.2. The molecule has 0 spiro atoms. The molecule has 5 nitrogen and oxygen atoms in total. The maximum absolute atomic E-state index is 12.2. The monoisotopic (exact) mass is 386 g/mol. The number of hydrogen-bond donors (Lipinski definition) is 2. The molecule has 0 atom stereocenters. The Balaban J connectivity index is 1.82. The summed E-state index contributed by atoms with van der Waals surface area (Å²) in [5.41, 5.74) is 5.88. The number of hydrazine groups is 1. The van der Waals surface area contributed by atoms with Gasteiger partial charge in [0.15, 0.2) is 0 Å². The molecule has 2 amide bonds. The molecule has 2 aromatic rings. The van der Waals surface area contributed by atoms with E-state index in [0.29, 0.717) is 17.7 Å². The molecule has 0 fully saturated rings. The predicted molar refractivity (Wildman–Crippen MR) is 109 cm³/mol. The van der Waals surface area contributed by atoms with Gasteiger partial charge in [-0.3, -0.25) is 20.4 Å². The Morgan fingerprint density at radius 1 is 0.926 bits per heavy atom. The molecular formula is C21H26N2O3S. The molecule has 0 unspecified atom stereocenters. The van der Waals surface area contributed by atoms with E-state index in [1.165, 1.54) is 24.6 Å². The lowest BCUT2D eigenvalue weighted by Gasteiger charge is -2.10. The van der Waals surface area contributed by atoms with Crippen LogP contribution < -0.4 is 15.6 Å². The summed E-state index contributed by atoms with van der Waals surface area (Å²) in [6.07, 6.45) is 6.51. The summed E-state index contributed by atoms with van der Waals surface area (Å²) in [7, 11) is 0. The molecule has 0 aliphatic carbocycles. The molecule has 0 saturated carbocycles. The van der Waals surface area contributed by atoms with Gasteiger partial charge in [-0.2, -0.15) is 0 Å². The van der Waals surface area contributed by atoms with E-state index in [1.807, 2.05) is 18.4 Å². The second kappa shape index (κ2) is 11.3. The second-order valence-corrected chi connectivity index (χ2v) is 6.89. The molecule has 0 saturated heterocycles. The van der Waals surface area contributed by atoms with Crippen molar-refractivity contribution in [2.24, 2.45) is 0 Å². The van der Waals surface area contributed by atoms with Crippen LogP contribution in [0.15, 0.2) is 53.4 Å². The van der Waals surface area contributed by atoms with Gasteiger partial charge >= 0.3 is 0 Å². The Bertz CT molecular complexity index is 747. The molecule has 0 aliphatic rings. The van der Waals surface area contributed by atoms with E-state index >= 15 is 0 Å². The molecule has 2 rings (SSSR count). The van der Waals surface area contributed by atoms with Crippen molar-refractivity contribution in [3.8, 4) is 5.75 Å². The smallest absolute Gasteiger partial charge is 0.270 e. The number of rotatable bonds is 9. The van der Waals surface area contributed by atoms with Crippen LogP contribution in [0, 0.1) is 0 Å². The van der Waals surface area contributed by atoms with Crippen molar-refractivity contribution in [1.29, 1.82) is 0 Å². The molecular weight excluding hydrogens is 360 g/mol. The van der Waals surface area contributed by atoms with Crippen LogP contribution >= 0.6 is 11.8 Å². The number of thioether (sulfide) groups is 1. The third kappa shape index (κ3) is 6.64. The van der Waals surface area contributed by atoms with Gasteiger partial charge in [0.25, 0.3) is 11.8 Å². The highest BCUT2D eigenvalue weighted by Crippen LogP contribution is 2.19. The normalized spacial score (nSPS) is 10.3. The predicted octanol–water partition coefficient (Wildman–Crippen LogP) is 4.44. The molecule has 0 aliphatic heterocycles. The molecule has 2 N–H and O–H groups in total. The topological polar surface area (TPSA) is 67.4 Å². The van der Waals surface area contributed by atoms with E-state index in [2.05, 4.69) is 17.8 Å². The van der Waals surface area contributed by atoms with Gasteiger partial charge in [0, 0.05) is 10.5 Å². The first-order valence-corrected chi connectivity index (χ1v) is 10.3. The highest BCUT2D eigenvalue weighted by atomic mass is 32.2. The van der Waals surface area contributed by atoms with Crippen molar-refractivity contribution < 1.29 is 14.3 Å². The SMILES string of the molecule is CCCCCCOc1ccc(C(=O)NNC(=O)c2ccccc2SC)cc1. The molecule has 0 heterocycles. The Labute approximate surface area is 164 Å². The second-order valence-electron chi connectivity index (χ2n) is 6.04. The maximum Gasteiger partial charge on any atom is 0.270 e. The van der Waals surface area contributed by atoms with Crippen molar-refractivity contribution >= 4 is 23.6 Å². The number of carbonyl (C=O) groups excluding carboxylic acids is 2. The van der Waals surface area contributed by atoms with Crippen LogP contribution in [0.3, 0.4) is 0 Å². The van der Waals surface area contributed by atoms with Crippen LogP contribution in [0.25, 0.3) is 0 Å². The molecule has 0 bridgehead atoms. The summed E-state index contributed by atoms with van der Waals surface area (Å²) in [6.45, 7) is 2.85. The van der Waals surface area contributed by atoms with Crippen molar-refractivity contribution in [3.05, 3.63) is 59.7 Å².